The van der Waals surface area contributed by atoms with E-state index in [0.29, 0.717) is 12.2 Å². The number of nitrogens with zero attached hydrogens (tertiary/aromatic N) is 2. The molecule has 1 heterocycles. The average Bonchev–Trinajstić information content (AvgIpc) is 2.40. The van der Waals surface area contributed by atoms with Crippen molar-refractivity contribution >= 4 is 17.3 Å². The highest BCUT2D eigenvalue weighted by molar-refractivity contribution is 5.95. The predicted octanol–water partition coefficient (Wildman–Crippen LogP) is 3.25. The maximum absolute atomic E-state index is 11.3. The summed E-state index contributed by atoms with van der Waals surface area (Å²) in [5.74, 6) is -0.961. The topological polar surface area (TPSA) is 53.4 Å². The number of hydrogen-bond acceptors (Lipinski definition) is 3. The van der Waals surface area contributed by atoms with E-state index in [1.54, 1.807) is 6.07 Å². The van der Waals surface area contributed by atoms with Crippen molar-refractivity contribution in [2.75, 3.05) is 11.4 Å². The van der Waals surface area contributed by atoms with Crippen LogP contribution in [0.4, 0.5) is 11.4 Å². The van der Waals surface area contributed by atoms with Crippen LogP contribution in [-0.2, 0) is 0 Å². The quantitative estimate of drug-likeness (QED) is 0.912. The van der Waals surface area contributed by atoms with Crippen molar-refractivity contribution in [1.29, 1.82) is 0 Å². The minimum Gasteiger partial charge on any atom is -0.478 e. The monoisotopic (exact) mass is 256 g/mol. The van der Waals surface area contributed by atoms with Crippen LogP contribution in [0.2, 0.25) is 0 Å². The van der Waals surface area contributed by atoms with Gasteiger partial charge < -0.3 is 10.0 Å². The van der Waals surface area contributed by atoms with Gasteiger partial charge >= 0.3 is 5.97 Å². The molecule has 0 aliphatic heterocycles. The highest BCUT2D eigenvalue weighted by Crippen LogP contribution is 2.28. The highest BCUT2D eigenvalue weighted by Gasteiger charge is 2.17. The summed E-state index contributed by atoms with van der Waals surface area (Å²) in [5.41, 5.74) is 2.66. The van der Waals surface area contributed by atoms with E-state index in [0.717, 1.165) is 11.4 Å². The van der Waals surface area contributed by atoms with Gasteiger partial charge in [-0.15, -0.1) is 0 Å². The number of carbonyl (C=O) groups is 1. The van der Waals surface area contributed by atoms with Gasteiger partial charge in [0.2, 0.25) is 0 Å². The first-order chi connectivity index (χ1) is 9.13. The molecule has 0 aliphatic carbocycles. The fourth-order valence-corrected chi connectivity index (χ4v) is 2.03. The first-order valence-electron chi connectivity index (χ1n) is 6.16. The first kappa shape index (κ1) is 13.1. The Morgan fingerprint density at radius 1 is 1.32 bits per heavy atom. The lowest BCUT2D eigenvalue weighted by atomic mass is 10.1. The number of aromatic carboxylic acids is 1. The molecule has 0 radical (unpaired) electrons. The smallest absolute Gasteiger partial charge is 0.339 e. The van der Waals surface area contributed by atoms with Gasteiger partial charge in [-0.1, -0.05) is 18.2 Å². The molecule has 2 aromatic rings. The zero-order chi connectivity index (χ0) is 13.8. The number of aromatic nitrogens is 1. The molecule has 2 rings (SSSR count). The number of hydrogen-bond donors (Lipinski definition) is 1. The molecule has 0 spiro atoms. The summed E-state index contributed by atoms with van der Waals surface area (Å²) in [7, 11) is 0. The molecule has 0 amide bonds. The molecule has 1 N–H and O–H groups in total. The van der Waals surface area contributed by atoms with E-state index in [9.17, 15) is 9.90 Å². The van der Waals surface area contributed by atoms with Crippen LogP contribution in [0.3, 0.4) is 0 Å². The Labute approximate surface area is 112 Å². The lowest BCUT2D eigenvalue weighted by Crippen LogP contribution is -2.19. The van der Waals surface area contributed by atoms with Crippen LogP contribution in [0, 0.1) is 6.92 Å². The molecule has 0 saturated heterocycles. The highest BCUT2D eigenvalue weighted by atomic mass is 16.4. The average molecular weight is 256 g/mol. The normalized spacial score (nSPS) is 10.2. The summed E-state index contributed by atoms with van der Waals surface area (Å²) in [6.45, 7) is 4.54. The Balaban J connectivity index is 2.55. The van der Waals surface area contributed by atoms with Crippen molar-refractivity contribution in [2.45, 2.75) is 13.8 Å². The molecule has 1 aromatic heterocycles. The molecule has 0 atom stereocenters. The number of carboxylic acid groups (broad SMARTS) is 1. The summed E-state index contributed by atoms with van der Waals surface area (Å²) in [6, 6.07) is 11.5. The van der Waals surface area contributed by atoms with Gasteiger partial charge in [0.15, 0.2) is 0 Å². The molecule has 1 aromatic carbocycles. The Morgan fingerprint density at radius 3 is 2.58 bits per heavy atom. The summed E-state index contributed by atoms with van der Waals surface area (Å²) in [5, 5.41) is 9.28. The van der Waals surface area contributed by atoms with Crippen LogP contribution in [0.5, 0.6) is 0 Å². The number of pyridine rings is 1. The van der Waals surface area contributed by atoms with Gasteiger partial charge in [-0.05, 0) is 32.0 Å². The Hall–Kier alpha value is -2.36. The largest absolute Gasteiger partial charge is 0.478 e. The molecule has 0 bridgehead atoms. The molecule has 0 fully saturated rings. The first-order valence-corrected chi connectivity index (χ1v) is 6.16. The molecule has 0 saturated carbocycles. The van der Waals surface area contributed by atoms with Crippen molar-refractivity contribution < 1.29 is 9.90 Å². The van der Waals surface area contributed by atoms with E-state index >= 15 is 0 Å². The Bertz CT molecular complexity index is 582. The van der Waals surface area contributed by atoms with Crippen LogP contribution in [-0.4, -0.2) is 22.6 Å². The molecule has 0 unspecified atom stereocenters. The fourth-order valence-electron chi connectivity index (χ4n) is 2.03. The summed E-state index contributed by atoms with van der Waals surface area (Å²) in [4.78, 5) is 17.4. The van der Waals surface area contributed by atoms with E-state index in [2.05, 4.69) is 4.98 Å². The van der Waals surface area contributed by atoms with E-state index < -0.39 is 5.97 Å². The van der Waals surface area contributed by atoms with Crippen molar-refractivity contribution in [3.63, 3.8) is 0 Å². The van der Waals surface area contributed by atoms with Crippen LogP contribution < -0.4 is 4.90 Å². The zero-order valence-electron chi connectivity index (χ0n) is 11.0. The minimum absolute atomic E-state index is 0.219. The van der Waals surface area contributed by atoms with Crippen LogP contribution in [0.15, 0.2) is 42.6 Å². The Morgan fingerprint density at radius 2 is 2.00 bits per heavy atom. The molecule has 4 heteroatoms. The van der Waals surface area contributed by atoms with Gasteiger partial charge in [0.05, 0.1) is 5.69 Å². The molecule has 98 valence electrons. The van der Waals surface area contributed by atoms with Gasteiger partial charge in [0.1, 0.15) is 5.56 Å². The number of rotatable bonds is 4. The lowest BCUT2D eigenvalue weighted by molar-refractivity contribution is 0.0697. The molecule has 4 nitrogen and oxygen atoms in total. The predicted molar refractivity (Wildman–Crippen MR) is 75.1 cm³/mol. The zero-order valence-corrected chi connectivity index (χ0v) is 11.0. The standard InChI is InChI=1S/C15H16N2O2/c1-3-17(12-7-5-4-6-8-12)14-9-11(2)16-10-13(14)15(18)19/h4-10H,3H2,1-2H3,(H,18,19). The summed E-state index contributed by atoms with van der Waals surface area (Å²) in [6.07, 6.45) is 1.42. The summed E-state index contributed by atoms with van der Waals surface area (Å²) >= 11 is 0. The van der Waals surface area contributed by atoms with Gasteiger partial charge in [-0.2, -0.15) is 0 Å². The second-order valence-corrected chi connectivity index (χ2v) is 4.23. The number of para-hydroxylation sites is 1. The van der Waals surface area contributed by atoms with Gasteiger partial charge in [0, 0.05) is 24.1 Å². The molecular formula is C15H16N2O2. The third-order valence-electron chi connectivity index (χ3n) is 2.92. The van der Waals surface area contributed by atoms with Gasteiger partial charge in [-0.3, -0.25) is 4.98 Å². The Kier molecular flexibility index (Phi) is 3.80. The number of anilines is 2. The maximum Gasteiger partial charge on any atom is 0.339 e. The van der Waals surface area contributed by atoms with Crippen molar-refractivity contribution in [3.8, 4) is 0 Å². The molecule has 19 heavy (non-hydrogen) atoms. The fraction of sp³-hybridized carbons (Fsp3) is 0.200. The number of carboxylic acids is 1. The number of benzene rings is 1. The minimum atomic E-state index is -0.961. The second-order valence-electron chi connectivity index (χ2n) is 4.23. The lowest BCUT2D eigenvalue weighted by Gasteiger charge is -2.25. The van der Waals surface area contributed by atoms with Gasteiger partial charge in [-0.25, -0.2) is 4.79 Å². The van der Waals surface area contributed by atoms with Crippen molar-refractivity contribution in [1.82, 2.24) is 4.98 Å². The van der Waals surface area contributed by atoms with E-state index in [-0.39, 0.29) is 5.56 Å². The second kappa shape index (κ2) is 5.52. The molecular weight excluding hydrogens is 240 g/mol. The maximum atomic E-state index is 11.3. The van der Waals surface area contributed by atoms with Crippen LogP contribution >= 0.6 is 0 Å². The third-order valence-corrected chi connectivity index (χ3v) is 2.92. The molecule has 0 aliphatic rings. The third kappa shape index (κ3) is 2.73. The SMILES string of the molecule is CCN(c1ccccc1)c1cc(C)ncc1C(=O)O. The van der Waals surface area contributed by atoms with E-state index in [1.807, 2.05) is 49.1 Å². The van der Waals surface area contributed by atoms with Crippen molar-refractivity contribution in [2.24, 2.45) is 0 Å². The summed E-state index contributed by atoms with van der Waals surface area (Å²) < 4.78 is 0. The van der Waals surface area contributed by atoms with Crippen molar-refractivity contribution in [3.05, 3.63) is 53.9 Å². The van der Waals surface area contributed by atoms with E-state index in [4.69, 9.17) is 0 Å². The van der Waals surface area contributed by atoms with E-state index in [1.165, 1.54) is 6.20 Å². The number of aryl methyl sites for hydroxylation is 1. The van der Waals surface area contributed by atoms with Gasteiger partial charge in [0.25, 0.3) is 0 Å². The van der Waals surface area contributed by atoms with Crippen LogP contribution in [0.1, 0.15) is 23.0 Å². The van der Waals surface area contributed by atoms with Crippen LogP contribution in [0.25, 0.3) is 0 Å².